The Hall–Kier alpha value is -2.13. The first-order valence-corrected chi connectivity index (χ1v) is 6.55. The maximum absolute atomic E-state index is 6.34. The maximum Gasteiger partial charge on any atom is 0.130 e. The molecule has 19 heavy (non-hydrogen) atoms. The number of hydrogen-bond acceptors (Lipinski definition) is 2. The van der Waals surface area contributed by atoms with Crippen LogP contribution in [0.3, 0.4) is 0 Å². The van der Waals surface area contributed by atoms with Crippen molar-refractivity contribution in [3.8, 4) is 0 Å². The summed E-state index contributed by atoms with van der Waals surface area (Å²) in [5.74, 6) is 0.915. The summed E-state index contributed by atoms with van der Waals surface area (Å²) < 4.78 is 2.08. The number of fused-ring (bicyclic) bond motifs is 1. The van der Waals surface area contributed by atoms with E-state index in [1.54, 1.807) is 6.20 Å². The molecule has 0 saturated heterocycles. The number of aromatic nitrogens is 2. The van der Waals surface area contributed by atoms with E-state index in [2.05, 4.69) is 46.8 Å². The molecule has 0 radical (unpaired) electrons. The molecule has 0 aliphatic rings. The number of benzene rings is 2. The molecule has 3 nitrogen and oxygen atoms in total. The molecule has 2 aromatic carbocycles. The first-order chi connectivity index (χ1) is 9.29. The van der Waals surface area contributed by atoms with E-state index in [0.717, 1.165) is 17.9 Å². The van der Waals surface area contributed by atoms with Gasteiger partial charge in [0.15, 0.2) is 0 Å². The summed E-state index contributed by atoms with van der Waals surface area (Å²) in [5, 5.41) is 2.45. The number of hydrogen-bond donors (Lipinski definition) is 1. The zero-order valence-electron chi connectivity index (χ0n) is 11.0. The van der Waals surface area contributed by atoms with Crippen LogP contribution in [-0.4, -0.2) is 9.55 Å². The zero-order chi connectivity index (χ0) is 13.2. The Balaban J connectivity index is 2.04. The molecule has 3 heteroatoms. The minimum Gasteiger partial charge on any atom is -0.334 e. The van der Waals surface area contributed by atoms with Crippen molar-refractivity contribution in [1.82, 2.24) is 9.55 Å². The van der Waals surface area contributed by atoms with Crippen molar-refractivity contribution >= 4 is 10.8 Å². The number of aryl methyl sites for hydroxylation is 1. The van der Waals surface area contributed by atoms with Crippen molar-refractivity contribution in [3.05, 3.63) is 66.2 Å². The minimum atomic E-state index is -0.181. The van der Waals surface area contributed by atoms with Gasteiger partial charge in [-0.15, -0.1) is 0 Å². The van der Waals surface area contributed by atoms with Crippen LogP contribution in [0.4, 0.5) is 0 Å². The van der Waals surface area contributed by atoms with Crippen molar-refractivity contribution in [2.24, 2.45) is 5.73 Å². The Labute approximate surface area is 112 Å². The number of imidazole rings is 1. The van der Waals surface area contributed by atoms with Gasteiger partial charge in [-0.2, -0.15) is 0 Å². The lowest BCUT2D eigenvalue weighted by Crippen LogP contribution is -2.17. The molecule has 1 atom stereocenters. The summed E-state index contributed by atoms with van der Waals surface area (Å²) in [7, 11) is 0. The van der Waals surface area contributed by atoms with Crippen molar-refractivity contribution in [1.29, 1.82) is 0 Å². The monoisotopic (exact) mass is 251 g/mol. The van der Waals surface area contributed by atoms with Crippen molar-refractivity contribution in [3.63, 3.8) is 0 Å². The first-order valence-electron chi connectivity index (χ1n) is 6.55. The molecule has 0 aliphatic carbocycles. The Morgan fingerprint density at radius 2 is 1.95 bits per heavy atom. The molecule has 1 unspecified atom stereocenters. The average molecular weight is 251 g/mol. The normalized spacial score (nSPS) is 12.7. The lowest BCUT2D eigenvalue weighted by molar-refractivity contribution is 0.657. The van der Waals surface area contributed by atoms with Gasteiger partial charge < -0.3 is 10.3 Å². The van der Waals surface area contributed by atoms with Crippen molar-refractivity contribution in [2.75, 3.05) is 0 Å². The molecular weight excluding hydrogens is 234 g/mol. The SMILES string of the molecule is CCn1ccnc1C(N)c1ccc2ccccc2c1. The molecule has 0 fully saturated rings. The molecule has 0 aliphatic heterocycles. The highest BCUT2D eigenvalue weighted by Gasteiger charge is 2.14. The van der Waals surface area contributed by atoms with Gasteiger partial charge in [-0.05, 0) is 29.3 Å². The highest BCUT2D eigenvalue weighted by atomic mass is 15.1. The second-order valence-corrected chi connectivity index (χ2v) is 4.66. The van der Waals surface area contributed by atoms with Gasteiger partial charge in [-0.3, -0.25) is 0 Å². The fourth-order valence-corrected chi connectivity index (χ4v) is 2.42. The molecule has 96 valence electrons. The topological polar surface area (TPSA) is 43.8 Å². The van der Waals surface area contributed by atoms with Gasteiger partial charge in [0.1, 0.15) is 5.82 Å². The Morgan fingerprint density at radius 1 is 1.16 bits per heavy atom. The molecule has 1 heterocycles. The van der Waals surface area contributed by atoms with Crippen LogP contribution in [0.1, 0.15) is 24.4 Å². The Kier molecular flexibility index (Phi) is 3.05. The second-order valence-electron chi connectivity index (χ2n) is 4.66. The van der Waals surface area contributed by atoms with Crippen molar-refractivity contribution in [2.45, 2.75) is 19.5 Å². The standard InChI is InChI=1S/C16H17N3/c1-2-19-10-9-18-16(19)15(17)14-8-7-12-5-3-4-6-13(12)11-14/h3-11,15H,2,17H2,1H3. The number of rotatable bonds is 3. The summed E-state index contributed by atoms with van der Waals surface area (Å²) in [6.07, 6.45) is 3.77. The van der Waals surface area contributed by atoms with Gasteiger partial charge in [0.2, 0.25) is 0 Å². The van der Waals surface area contributed by atoms with E-state index in [0.29, 0.717) is 0 Å². The van der Waals surface area contributed by atoms with E-state index in [1.807, 2.05) is 18.3 Å². The fraction of sp³-hybridized carbons (Fsp3) is 0.188. The van der Waals surface area contributed by atoms with Crippen LogP contribution in [0.25, 0.3) is 10.8 Å². The summed E-state index contributed by atoms with van der Waals surface area (Å²) >= 11 is 0. The van der Waals surface area contributed by atoms with Crippen LogP contribution < -0.4 is 5.73 Å². The lowest BCUT2D eigenvalue weighted by Gasteiger charge is -2.14. The van der Waals surface area contributed by atoms with Crippen LogP contribution in [0.2, 0.25) is 0 Å². The van der Waals surface area contributed by atoms with E-state index in [1.165, 1.54) is 10.8 Å². The molecule has 0 spiro atoms. The summed E-state index contributed by atoms with van der Waals surface area (Å²) in [6, 6.07) is 14.5. The number of nitrogens with zero attached hydrogens (tertiary/aromatic N) is 2. The molecule has 0 saturated carbocycles. The third kappa shape index (κ3) is 2.13. The minimum absolute atomic E-state index is 0.181. The predicted molar refractivity (Wildman–Crippen MR) is 77.9 cm³/mol. The van der Waals surface area contributed by atoms with E-state index < -0.39 is 0 Å². The smallest absolute Gasteiger partial charge is 0.130 e. The van der Waals surface area contributed by atoms with Gasteiger partial charge in [-0.1, -0.05) is 36.4 Å². The van der Waals surface area contributed by atoms with Gasteiger partial charge in [-0.25, -0.2) is 4.98 Å². The van der Waals surface area contributed by atoms with E-state index >= 15 is 0 Å². The largest absolute Gasteiger partial charge is 0.334 e. The molecule has 2 N–H and O–H groups in total. The van der Waals surface area contributed by atoms with Crippen LogP contribution >= 0.6 is 0 Å². The molecule has 0 amide bonds. The molecular formula is C16H17N3. The second kappa shape index (κ2) is 4.86. The van der Waals surface area contributed by atoms with Gasteiger partial charge >= 0.3 is 0 Å². The third-order valence-corrected chi connectivity index (χ3v) is 3.50. The first kappa shape index (κ1) is 11.9. The van der Waals surface area contributed by atoms with Gasteiger partial charge in [0, 0.05) is 18.9 Å². The van der Waals surface area contributed by atoms with E-state index in [-0.39, 0.29) is 6.04 Å². The van der Waals surface area contributed by atoms with Crippen LogP contribution in [0.15, 0.2) is 54.9 Å². The molecule has 1 aromatic heterocycles. The lowest BCUT2D eigenvalue weighted by atomic mass is 10.0. The Morgan fingerprint density at radius 3 is 2.74 bits per heavy atom. The van der Waals surface area contributed by atoms with Gasteiger partial charge in [0.25, 0.3) is 0 Å². The third-order valence-electron chi connectivity index (χ3n) is 3.50. The van der Waals surface area contributed by atoms with Crippen molar-refractivity contribution < 1.29 is 0 Å². The van der Waals surface area contributed by atoms with Gasteiger partial charge in [0.05, 0.1) is 6.04 Å². The molecule has 3 rings (SSSR count). The highest BCUT2D eigenvalue weighted by Crippen LogP contribution is 2.23. The maximum atomic E-state index is 6.34. The summed E-state index contributed by atoms with van der Waals surface area (Å²) in [4.78, 5) is 4.38. The quantitative estimate of drug-likeness (QED) is 0.777. The van der Waals surface area contributed by atoms with E-state index in [4.69, 9.17) is 5.73 Å². The highest BCUT2D eigenvalue weighted by molar-refractivity contribution is 5.83. The zero-order valence-corrected chi connectivity index (χ0v) is 11.0. The number of nitrogens with two attached hydrogens (primary N) is 1. The van der Waals surface area contributed by atoms with Crippen LogP contribution in [0.5, 0.6) is 0 Å². The molecule has 3 aromatic rings. The van der Waals surface area contributed by atoms with Crippen LogP contribution in [0, 0.1) is 0 Å². The Bertz CT molecular complexity index is 700. The summed E-state index contributed by atoms with van der Waals surface area (Å²) in [6.45, 7) is 2.98. The predicted octanol–water partition coefficient (Wildman–Crippen LogP) is 3.10. The molecule has 0 bridgehead atoms. The van der Waals surface area contributed by atoms with E-state index in [9.17, 15) is 0 Å². The average Bonchev–Trinajstić information content (AvgIpc) is 2.94. The summed E-state index contributed by atoms with van der Waals surface area (Å²) in [5.41, 5.74) is 7.44. The van der Waals surface area contributed by atoms with Crippen LogP contribution in [-0.2, 0) is 6.54 Å². The fourth-order valence-electron chi connectivity index (χ4n) is 2.42.